The molecule has 30 heavy (non-hydrogen) atoms. The van der Waals surface area contributed by atoms with Crippen molar-refractivity contribution in [3.8, 4) is 0 Å². The van der Waals surface area contributed by atoms with Crippen molar-refractivity contribution in [2.45, 2.75) is 85.0 Å². The molecule has 1 heterocycles. The predicted molar refractivity (Wildman–Crippen MR) is 114 cm³/mol. The van der Waals surface area contributed by atoms with Gasteiger partial charge < -0.3 is 15.0 Å². The van der Waals surface area contributed by atoms with Crippen LogP contribution in [0.2, 0.25) is 0 Å². The number of aromatic nitrogens is 2. The van der Waals surface area contributed by atoms with Crippen molar-refractivity contribution in [2.24, 2.45) is 34.5 Å². The van der Waals surface area contributed by atoms with E-state index in [2.05, 4.69) is 28.5 Å². The summed E-state index contributed by atoms with van der Waals surface area (Å²) in [5.41, 5.74) is 1.47. The topological polar surface area (TPSA) is 100 Å². The van der Waals surface area contributed by atoms with Crippen LogP contribution in [0.1, 0.15) is 83.3 Å². The highest BCUT2D eigenvalue weighted by Gasteiger charge is 2.59. The molecule has 166 valence electrons. The molecule has 6 heteroatoms. The van der Waals surface area contributed by atoms with Crippen LogP contribution in [-0.4, -0.2) is 33.3 Å². The Kier molecular flexibility index (Phi) is 5.90. The lowest BCUT2D eigenvalue weighted by Gasteiger charge is -2.59. The van der Waals surface area contributed by atoms with Gasteiger partial charge in [0.15, 0.2) is 5.82 Å². The number of hydrogen-bond donors (Lipinski definition) is 2. The van der Waals surface area contributed by atoms with E-state index in [1.165, 1.54) is 25.7 Å². The van der Waals surface area contributed by atoms with Crippen LogP contribution in [0, 0.1) is 46.8 Å². The van der Waals surface area contributed by atoms with E-state index in [0.717, 1.165) is 55.6 Å². The van der Waals surface area contributed by atoms with Crippen LogP contribution in [0.15, 0.2) is 4.52 Å². The maximum absolute atomic E-state index is 12.4. The molecular weight excluding hydrogens is 378 g/mol. The quantitative estimate of drug-likeness (QED) is 0.739. The molecule has 4 aliphatic carbocycles. The molecule has 4 unspecified atom stereocenters. The Hall–Kier alpha value is -1.56. The fourth-order valence-corrected chi connectivity index (χ4v) is 7.39. The highest BCUT2D eigenvalue weighted by atomic mass is 16.5. The van der Waals surface area contributed by atoms with E-state index in [9.17, 15) is 4.79 Å². The van der Waals surface area contributed by atoms with Gasteiger partial charge in [-0.05, 0) is 87.4 Å². The fraction of sp³-hybridized carbons (Fsp3) is 0.833. The minimum Gasteiger partial charge on any atom is -0.396 e. The van der Waals surface area contributed by atoms with Gasteiger partial charge in [-0.25, -0.2) is 0 Å². The van der Waals surface area contributed by atoms with Gasteiger partial charge in [0.2, 0.25) is 5.89 Å². The molecule has 4 saturated carbocycles. The summed E-state index contributed by atoms with van der Waals surface area (Å²) in [6, 6.07) is 0. The number of nitrogens with one attached hydrogen (secondary N) is 1. The number of aliphatic hydroxyl groups is 1. The Bertz CT molecular complexity index is 805. The van der Waals surface area contributed by atoms with Crippen LogP contribution in [0.25, 0.3) is 0 Å². The van der Waals surface area contributed by atoms with Crippen molar-refractivity contribution in [2.75, 3.05) is 6.61 Å². The Morgan fingerprint density at radius 2 is 1.93 bits per heavy atom. The molecule has 0 aromatic carbocycles. The first-order valence-corrected chi connectivity index (χ1v) is 11.8. The Morgan fingerprint density at radius 1 is 1.13 bits per heavy atom. The van der Waals surface area contributed by atoms with Crippen LogP contribution in [0.4, 0.5) is 0 Å². The van der Waals surface area contributed by atoms with Crippen LogP contribution >= 0.6 is 0 Å². The minimum absolute atomic E-state index is 0.0196. The second-order valence-electron chi connectivity index (χ2n) is 10.6. The summed E-state index contributed by atoms with van der Waals surface area (Å²) < 4.78 is 4.68. The Labute approximate surface area is 179 Å². The van der Waals surface area contributed by atoms with Gasteiger partial charge in [0.25, 0.3) is 0 Å². The van der Waals surface area contributed by atoms with E-state index in [1.54, 1.807) is 6.92 Å². The van der Waals surface area contributed by atoms with Gasteiger partial charge >= 0.3 is 0 Å². The van der Waals surface area contributed by atoms with Gasteiger partial charge in [-0.2, -0.15) is 4.98 Å². The molecule has 0 bridgehead atoms. The van der Waals surface area contributed by atoms with Crippen molar-refractivity contribution in [3.63, 3.8) is 0 Å². The molecule has 1 aromatic heterocycles. The summed E-state index contributed by atoms with van der Waals surface area (Å²) in [5.74, 6) is 4.71. The lowest BCUT2D eigenvalue weighted by Crippen LogP contribution is -2.53. The molecule has 0 amide bonds. The smallest absolute Gasteiger partial charge is 0.228 e. The molecule has 6 atom stereocenters. The van der Waals surface area contributed by atoms with Crippen LogP contribution in [0.5, 0.6) is 0 Å². The first-order chi connectivity index (χ1) is 14.3. The van der Waals surface area contributed by atoms with Crippen molar-refractivity contribution < 1.29 is 14.4 Å². The van der Waals surface area contributed by atoms with Crippen molar-refractivity contribution in [1.82, 2.24) is 10.1 Å². The largest absolute Gasteiger partial charge is 0.396 e. The van der Waals surface area contributed by atoms with Crippen molar-refractivity contribution in [3.05, 3.63) is 11.7 Å². The summed E-state index contributed by atoms with van der Waals surface area (Å²) in [4.78, 5) is 16.2. The number of fused-ring (bicyclic) bond motifs is 5. The minimum atomic E-state index is 0.0196. The highest BCUT2D eigenvalue weighted by molar-refractivity contribution is 5.87. The van der Waals surface area contributed by atoms with Gasteiger partial charge in [-0.15, -0.1) is 0 Å². The van der Waals surface area contributed by atoms with Gasteiger partial charge in [0.1, 0.15) is 5.78 Å². The van der Waals surface area contributed by atoms with Gasteiger partial charge in [0.05, 0.1) is 13.0 Å². The lowest BCUT2D eigenvalue weighted by molar-refractivity contribution is -0.136. The normalized spacial score (nSPS) is 40.1. The summed E-state index contributed by atoms with van der Waals surface area (Å²) in [6.45, 7) is 6.60. The van der Waals surface area contributed by atoms with Crippen molar-refractivity contribution in [1.29, 1.82) is 5.41 Å². The van der Waals surface area contributed by atoms with Gasteiger partial charge in [-0.1, -0.05) is 19.0 Å². The van der Waals surface area contributed by atoms with Crippen LogP contribution < -0.4 is 0 Å². The second-order valence-corrected chi connectivity index (χ2v) is 10.6. The van der Waals surface area contributed by atoms with E-state index < -0.39 is 0 Å². The zero-order chi connectivity index (χ0) is 21.5. The lowest BCUT2D eigenvalue weighted by atomic mass is 9.45. The number of carbonyl (C=O) groups is 1. The van der Waals surface area contributed by atoms with E-state index in [1.807, 2.05) is 0 Å². The third-order valence-corrected chi connectivity index (χ3v) is 9.13. The van der Waals surface area contributed by atoms with Gasteiger partial charge in [-0.3, -0.25) is 4.79 Å². The SMILES string of the molecule is C[C@]12CCC(=N)CC1CCC1C2CC[C@]2(C)C(=O)CCC12.Cc1noc(CCO)n1. The first-order valence-electron chi connectivity index (χ1n) is 11.8. The van der Waals surface area contributed by atoms with Crippen molar-refractivity contribution >= 4 is 11.5 Å². The fourth-order valence-electron chi connectivity index (χ4n) is 7.39. The average Bonchev–Trinajstić information content (AvgIpc) is 3.26. The maximum atomic E-state index is 12.4. The van der Waals surface area contributed by atoms with E-state index >= 15 is 0 Å². The summed E-state index contributed by atoms with van der Waals surface area (Å²) in [5, 5.41) is 20.0. The Morgan fingerprint density at radius 3 is 2.63 bits per heavy atom. The number of carbonyl (C=O) groups excluding carboxylic acids is 1. The molecule has 6 nitrogen and oxygen atoms in total. The maximum Gasteiger partial charge on any atom is 0.228 e. The number of aryl methyl sites for hydroxylation is 1. The van der Waals surface area contributed by atoms with Gasteiger partial charge in [0, 0.05) is 17.5 Å². The predicted octanol–water partition coefficient (Wildman–Crippen LogP) is 4.53. The molecule has 0 spiro atoms. The zero-order valence-corrected chi connectivity index (χ0v) is 18.7. The molecular formula is C24H37N3O3. The summed E-state index contributed by atoms with van der Waals surface area (Å²) >= 11 is 0. The second kappa shape index (κ2) is 8.18. The zero-order valence-electron chi connectivity index (χ0n) is 18.7. The van der Waals surface area contributed by atoms with Crippen LogP contribution in [0.3, 0.4) is 0 Å². The summed E-state index contributed by atoms with van der Waals surface area (Å²) in [6.07, 6.45) is 10.8. The molecule has 0 aliphatic heterocycles. The average molecular weight is 416 g/mol. The van der Waals surface area contributed by atoms with Crippen LogP contribution in [-0.2, 0) is 11.2 Å². The van der Waals surface area contributed by atoms with E-state index in [4.69, 9.17) is 10.5 Å². The number of rotatable bonds is 2. The third kappa shape index (κ3) is 3.65. The number of aliphatic hydroxyl groups excluding tert-OH is 1. The first kappa shape index (κ1) is 21.7. The van der Waals surface area contributed by atoms with E-state index in [0.29, 0.717) is 35.3 Å². The third-order valence-electron chi connectivity index (χ3n) is 9.13. The molecule has 2 N–H and O–H groups in total. The monoisotopic (exact) mass is 415 g/mol. The summed E-state index contributed by atoms with van der Waals surface area (Å²) in [7, 11) is 0. The molecule has 5 rings (SSSR count). The standard InChI is InChI=1S/C19H29NO.C5H8N2O2/c1-18-9-7-13(20)11-12(18)3-4-14-15-5-6-17(21)19(15,2)10-8-16(14)18;1-4-6-5(2-3-8)9-7-4/h12,14-16,20H,3-11H2,1-2H3;8H,2-3H2,1H3/t12?,14?,15?,16?,18-,19-;/m0./s1. The molecule has 4 fully saturated rings. The number of ketones is 1. The molecule has 0 saturated heterocycles. The molecule has 4 aliphatic rings. The van der Waals surface area contributed by atoms with E-state index in [-0.39, 0.29) is 12.0 Å². The number of hydrogen-bond acceptors (Lipinski definition) is 6. The molecule has 0 radical (unpaired) electrons. The number of nitrogens with zero attached hydrogens (tertiary/aromatic N) is 2. The molecule has 1 aromatic rings. The Balaban J connectivity index is 0.000000204. The number of Topliss-reactive ketones (excluding diaryl/α,β-unsaturated/α-hetero) is 1. The highest BCUT2D eigenvalue weighted by Crippen LogP contribution is 2.65.